The Morgan fingerprint density at radius 1 is 1.38 bits per heavy atom. The number of nitrogens with two attached hydrogens (primary N) is 1. The van der Waals surface area contributed by atoms with Gasteiger partial charge in [0.25, 0.3) is 5.91 Å². The van der Waals surface area contributed by atoms with Crippen LogP contribution in [0.15, 0.2) is 17.0 Å². The molecule has 0 saturated heterocycles. The molecule has 0 spiro atoms. The molecule has 0 heterocycles. The van der Waals surface area contributed by atoms with Crippen LogP contribution in [0.4, 0.5) is 0 Å². The Kier molecular flexibility index (Phi) is 5.78. The second-order valence-electron chi connectivity index (χ2n) is 5.30. The first-order valence-corrected chi connectivity index (χ1v) is 8.64. The third-order valence-electron chi connectivity index (χ3n) is 3.65. The Morgan fingerprint density at radius 3 is 2.43 bits per heavy atom. The summed E-state index contributed by atoms with van der Waals surface area (Å²) in [6.07, 6.45) is 0.934. The molecule has 118 valence electrons. The highest BCUT2D eigenvalue weighted by Gasteiger charge is 2.20. The number of hydrogen-bond donors (Lipinski definition) is 2. The maximum absolute atomic E-state index is 12.2. The molecule has 5 nitrogen and oxygen atoms in total. The van der Waals surface area contributed by atoms with E-state index in [1.165, 1.54) is 6.07 Å². The lowest BCUT2D eigenvalue weighted by atomic mass is 10.0. The zero-order valence-electron chi connectivity index (χ0n) is 12.6. The van der Waals surface area contributed by atoms with Crippen molar-refractivity contribution in [2.45, 2.75) is 45.1 Å². The van der Waals surface area contributed by atoms with Crippen molar-refractivity contribution < 1.29 is 13.2 Å². The Hall–Kier alpha value is -1.11. The van der Waals surface area contributed by atoms with Crippen LogP contribution in [0.3, 0.4) is 0 Å². The van der Waals surface area contributed by atoms with Gasteiger partial charge in [0.2, 0.25) is 10.0 Å². The van der Waals surface area contributed by atoms with Gasteiger partial charge in [0.1, 0.15) is 4.90 Å². The molecule has 0 aromatic heterocycles. The van der Waals surface area contributed by atoms with Crippen molar-refractivity contribution in [2.24, 2.45) is 11.1 Å². The molecule has 1 rings (SSSR count). The minimum absolute atomic E-state index is 0.0172. The monoisotopic (exact) mass is 332 g/mol. The summed E-state index contributed by atoms with van der Waals surface area (Å²) < 4.78 is 23.0. The Balaban J connectivity index is 3.15. The summed E-state index contributed by atoms with van der Waals surface area (Å²) in [5.74, 6) is -0.0208. The number of carbonyl (C=O) groups is 1. The van der Waals surface area contributed by atoms with Crippen LogP contribution in [-0.2, 0) is 10.0 Å². The summed E-state index contributed by atoms with van der Waals surface area (Å²) in [5, 5.41) is 8.02. The molecule has 1 aromatic rings. The molecule has 0 bridgehead atoms. The average molecular weight is 333 g/mol. The maximum Gasteiger partial charge on any atom is 0.251 e. The van der Waals surface area contributed by atoms with Crippen molar-refractivity contribution in [3.05, 3.63) is 28.3 Å². The molecule has 0 fully saturated rings. The first-order chi connectivity index (χ1) is 9.57. The Bertz CT molecular complexity index is 644. The molecule has 0 aliphatic rings. The minimum Gasteiger partial charge on any atom is -0.349 e. The first kappa shape index (κ1) is 17.9. The molecule has 0 aliphatic heterocycles. The largest absolute Gasteiger partial charge is 0.349 e. The molecule has 0 saturated carbocycles. The van der Waals surface area contributed by atoms with E-state index in [9.17, 15) is 13.2 Å². The second-order valence-corrected chi connectivity index (χ2v) is 7.21. The summed E-state index contributed by atoms with van der Waals surface area (Å²) in [7, 11) is -3.97. The van der Waals surface area contributed by atoms with Crippen LogP contribution in [0, 0.1) is 12.8 Å². The van der Waals surface area contributed by atoms with Crippen molar-refractivity contribution in [3.8, 4) is 0 Å². The standard InChI is InChI=1S/C14H21ClN2O3S/c1-5-8(2)10(4)17-14(18)11-6-9(3)13(15)12(7-11)21(16,19)20/h6-8,10H,5H2,1-4H3,(H,17,18)(H2,16,19,20). The van der Waals surface area contributed by atoms with Crippen LogP contribution in [0.25, 0.3) is 0 Å². The maximum atomic E-state index is 12.2. The molecule has 2 unspecified atom stereocenters. The highest BCUT2D eigenvalue weighted by atomic mass is 35.5. The number of amides is 1. The number of benzene rings is 1. The van der Waals surface area contributed by atoms with Gasteiger partial charge in [-0.05, 0) is 37.5 Å². The van der Waals surface area contributed by atoms with Crippen molar-refractivity contribution >= 4 is 27.5 Å². The molecular formula is C14H21ClN2O3S. The van der Waals surface area contributed by atoms with Crippen LogP contribution < -0.4 is 10.5 Å². The molecule has 0 aliphatic carbocycles. The van der Waals surface area contributed by atoms with Gasteiger partial charge in [0.05, 0.1) is 5.02 Å². The van der Waals surface area contributed by atoms with Gasteiger partial charge in [-0.25, -0.2) is 13.6 Å². The fourth-order valence-corrected chi connectivity index (χ4v) is 2.99. The highest BCUT2D eigenvalue weighted by Crippen LogP contribution is 2.26. The Labute approximate surface area is 130 Å². The van der Waals surface area contributed by atoms with E-state index in [4.69, 9.17) is 16.7 Å². The molecule has 1 amide bonds. The number of primary sulfonamides is 1. The summed E-state index contributed by atoms with van der Waals surface area (Å²) in [6.45, 7) is 7.62. The van der Waals surface area contributed by atoms with Gasteiger partial charge in [-0.15, -0.1) is 0 Å². The lowest BCUT2D eigenvalue weighted by Crippen LogP contribution is -2.37. The van der Waals surface area contributed by atoms with Crippen molar-refractivity contribution in [1.29, 1.82) is 0 Å². The van der Waals surface area contributed by atoms with E-state index >= 15 is 0 Å². The van der Waals surface area contributed by atoms with E-state index in [1.54, 1.807) is 13.0 Å². The van der Waals surface area contributed by atoms with E-state index in [-0.39, 0.29) is 27.4 Å². The third-order valence-corrected chi connectivity index (χ3v) is 5.19. The number of carbonyl (C=O) groups excluding carboxylic acids is 1. The zero-order valence-corrected chi connectivity index (χ0v) is 14.2. The van der Waals surface area contributed by atoms with Crippen LogP contribution in [-0.4, -0.2) is 20.4 Å². The number of halogens is 1. The summed E-state index contributed by atoms with van der Waals surface area (Å²) in [4.78, 5) is 12.0. The number of nitrogens with one attached hydrogen (secondary N) is 1. The van der Waals surface area contributed by atoms with Crippen molar-refractivity contribution in [1.82, 2.24) is 5.32 Å². The molecule has 2 atom stereocenters. The fraction of sp³-hybridized carbons (Fsp3) is 0.500. The predicted molar refractivity (Wildman–Crippen MR) is 83.9 cm³/mol. The summed E-state index contributed by atoms with van der Waals surface area (Å²) in [6, 6.07) is 2.75. The average Bonchev–Trinajstić information content (AvgIpc) is 2.38. The van der Waals surface area contributed by atoms with Crippen molar-refractivity contribution in [2.75, 3.05) is 0 Å². The van der Waals surface area contributed by atoms with E-state index in [2.05, 4.69) is 5.32 Å². The van der Waals surface area contributed by atoms with Gasteiger partial charge in [-0.2, -0.15) is 0 Å². The Morgan fingerprint density at radius 2 is 1.95 bits per heavy atom. The zero-order chi connectivity index (χ0) is 16.4. The molecule has 3 N–H and O–H groups in total. The topological polar surface area (TPSA) is 89.3 Å². The smallest absolute Gasteiger partial charge is 0.251 e. The quantitative estimate of drug-likeness (QED) is 0.867. The number of aryl methyl sites for hydroxylation is 1. The minimum atomic E-state index is -3.97. The van der Waals surface area contributed by atoms with E-state index in [1.807, 2.05) is 20.8 Å². The molecule has 21 heavy (non-hydrogen) atoms. The van der Waals surface area contributed by atoms with Crippen LogP contribution in [0.5, 0.6) is 0 Å². The number of sulfonamides is 1. The van der Waals surface area contributed by atoms with Gasteiger partial charge in [0.15, 0.2) is 0 Å². The first-order valence-electron chi connectivity index (χ1n) is 6.71. The van der Waals surface area contributed by atoms with Crippen LogP contribution >= 0.6 is 11.6 Å². The number of hydrogen-bond acceptors (Lipinski definition) is 3. The highest BCUT2D eigenvalue weighted by molar-refractivity contribution is 7.89. The molecular weight excluding hydrogens is 312 g/mol. The predicted octanol–water partition coefficient (Wildman–Crippen LogP) is 2.46. The lowest BCUT2D eigenvalue weighted by molar-refractivity contribution is 0.0928. The van der Waals surface area contributed by atoms with Gasteiger partial charge in [0, 0.05) is 11.6 Å². The lowest BCUT2D eigenvalue weighted by Gasteiger charge is -2.20. The van der Waals surface area contributed by atoms with Crippen molar-refractivity contribution in [3.63, 3.8) is 0 Å². The van der Waals surface area contributed by atoms with Gasteiger partial charge >= 0.3 is 0 Å². The normalized spacial score (nSPS) is 14.6. The van der Waals surface area contributed by atoms with Gasteiger partial charge < -0.3 is 5.32 Å². The fourth-order valence-electron chi connectivity index (χ4n) is 1.86. The number of rotatable bonds is 5. The molecule has 7 heteroatoms. The third kappa shape index (κ3) is 4.43. The molecule has 1 aromatic carbocycles. The molecule has 0 radical (unpaired) electrons. The van der Waals surface area contributed by atoms with Gasteiger partial charge in [-0.1, -0.05) is 31.9 Å². The summed E-state index contributed by atoms with van der Waals surface area (Å²) >= 11 is 5.94. The summed E-state index contributed by atoms with van der Waals surface area (Å²) in [5.41, 5.74) is 0.723. The van der Waals surface area contributed by atoms with E-state index in [0.29, 0.717) is 11.5 Å². The van der Waals surface area contributed by atoms with Crippen LogP contribution in [0.2, 0.25) is 5.02 Å². The van der Waals surface area contributed by atoms with Crippen LogP contribution in [0.1, 0.15) is 43.1 Å². The van der Waals surface area contributed by atoms with E-state index in [0.717, 1.165) is 6.42 Å². The van der Waals surface area contributed by atoms with Gasteiger partial charge in [-0.3, -0.25) is 4.79 Å². The van der Waals surface area contributed by atoms with E-state index < -0.39 is 10.0 Å². The SMILES string of the molecule is CCC(C)C(C)NC(=O)c1cc(C)c(Cl)c(S(N)(=O)=O)c1. The second kappa shape index (κ2) is 6.77.